The van der Waals surface area contributed by atoms with E-state index in [2.05, 4.69) is 36.5 Å². The van der Waals surface area contributed by atoms with E-state index in [1.54, 1.807) is 18.9 Å². The normalized spacial score (nSPS) is 25.1. The predicted octanol–water partition coefficient (Wildman–Crippen LogP) is 5.06. The van der Waals surface area contributed by atoms with E-state index in [1.807, 2.05) is 30.3 Å². The van der Waals surface area contributed by atoms with Gasteiger partial charge in [-0.1, -0.05) is 43.3 Å². The molecule has 3 atom stereocenters. The molecule has 0 spiro atoms. The quantitative estimate of drug-likeness (QED) is 0.820. The lowest BCUT2D eigenvalue weighted by molar-refractivity contribution is -0.122. The number of benzene rings is 2. The number of ether oxygens (including phenoxy) is 1. The standard InChI is InChI=1S/C21H21NO2S/c1-13-11-16-20(17(23)12-13)21(14-7-3-5-9-18(14)24-2)25-19-10-6-4-8-15(19)22-16/h3-11,13,20-22H,12H2,1-2H3/t13-,20+,21+/m0/s1. The van der Waals surface area contributed by atoms with Gasteiger partial charge in [-0.3, -0.25) is 4.79 Å². The van der Waals surface area contributed by atoms with E-state index >= 15 is 0 Å². The number of rotatable bonds is 2. The summed E-state index contributed by atoms with van der Waals surface area (Å²) in [7, 11) is 1.69. The Morgan fingerprint density at radius 2 is 1.88 bits per heavy atom. The molecule has 0 saturated carbocycles. The van der Waals surface area contributed by atoms with Crippen LogP contribution < -0.4 is 10.1 Å². The summed E-state index contributed by atoms with van der Waals surface area (Å²) in [6, 6.07) is 16.3. The van der Waals surface area contributed by atoms with Gasteiger partial charge in [0.1, 0.15) is 11.5 Å². The number of fused-ring (bicyclic) bond motifs is 2. The van der Waals surface area contributed by atoms with Gasteiger partial charge in [0.05, 0.1) is 24.0 Å². The summed E-state index contributed by atoms with van der Waals surface area (Å²) in [5.74, 6) is 1.23. The van der Waals surface area contributed by atoms with Crippen molar-refractivity contribution in [3.05, 3.63) is 65.9 Å². The molecule has 2 aromatic rings. The van der Waals surface area contributed by atoms with Gasteiger partial charge in [-0.15, -0.1) is 11.8 Å². The molecule has 0 amide bonds. The van der Waals surface area contributed by atoms with Gasteiger partial charge >= 0.3 is 0 Å². The number of allylic oxidation sites excluding steroid dienone is 2. The molecule has 25 heavy (non-hydrogen) atoms. The topological polar surface area (TPSA) is 38.3 Å². The highest BCUT2D eigenvalue weighted by Crippen LogP contribution is 2.52. The molecule has 2 aliphatic rings. The third-order valence-electron chi connectivity index (χ3n) is 4.84. The van der Waals surface area contributed by atoms with E-state index in [9.17, 15) is 4.79 Å². The minimum Gasteiger partial charge on any atom is -0.496 e. The molecule has 1 heterocycles. The van der Waals surface area contributed by atoms with Crippen molar-refractivity contribution in [2.45, 2.75) is 23.5 Å². The molecule has 0 bridgehead atoms. The smallest absolute Gasteiger partial charge is 0.143 e. The van der Waals surface area contributed by atoms with E-state index in [4.69, 9.17) is 4.74 Å². The van der Waals surface area contributed by atoms with Gasteiger partial charge in [0.2, 0.25) is 0 Å². The number of anilines is 1. The Morgan fingerprint density at radius 3 is 2.72 bits per heavy atom. The number of hydrogen-bond donors (Lipinski definition) is 1. The zero-order chi connectivity index (χ0) is 17.4. The molecule has 0 radical (unpaired) electrons. The molecular formula is C21H21NO2S. The summed E-state index contributed by atoms with van der Waals surface area (Å²) in [6.07, 6.45) is 2.82. The first kappa shape index (κ1) is 16.3. The Hall–Kier alpha value is -2.20. The molecule has 1 aliphatic carbocycles. The van der Waals surface area contributed by atoms with E-state index < -0.39 is 0 Å². The first-order valence-electron chi connectivity index (χ1n) is 8.57. The maximum absolute atomic E-state index is 13.0. The van der Waals surface area contributed by atoms with Crippen LogP contribution in [0.1, 0.15) is 24.2 Å². The Kier molecular flexibility index (Phi) is 4.30. The van der Waals surface area contributed by atoms with Crippen LogP contribution in [0.4, 0.5) is 5.69 Å². The largest absolute Gasteiger partial charge is 0.496 e. The fraction of sp³-hybridized carbons (Fsp3) is 0.286. The number of ketones is 1. The number of methoxy groups -OCH3 is 1. The van der Waals surface area contributed by atoms with Gasteiger partial charge in [-0.05, 0) is 24.1 Å². The zero-order valence-corrected chi connectivity index (χ0v) is 15.2. The molecule has 2 aromatic carbocycles. The number of carbonyl (C=O) groups is 1. The average molecular weight is 351 g/mol. The first-order valence-corrected chi connectivity index (χ1v) is 9.45. The molecule has 0 saturated heterocycles. The Morgan fingerprint density at radius 1 is 1.12 bits per heavy atom. The highest BCUT2D eigenvalue weighted by Gasteiger charge is 2.40. The van der Waals surface area contributed by atoms with Crippen LogP contribution in [0.3, 0.4) is 0 Å². The van der Waals surface area contributed by atoms with E-state index in [-0.39, 0.29) is 17.1 Å². The lowest BCUT2D eigenvalue weighted by Gasteiger charge is -2.31. The number of para-hydroxylation sites is 2. The fourth-order valence-electron chi connectivity index (χ4n) is 3.72. The zero-order valence-electron chi connectivity index (χ0n) is 14.4. The molecule has 1 N–H and O–H groups in total. The van der Waals surface area contributed by atoms with Crippen molar-refractivity contribution in [1.82, 2.24) is 0 Å². The molecule has 3 nitrogen and oxygen atoms in total. The summed E-state index contributed by atoms with van der Waals surface area (Å²) in [5, 5.41) is 3.54. The number of hydrogen-bond acceptors (Lipinski definition) is 4. The van der Waals surface area contributed by atoms with Crippen LogP contribution >= 0.6 is 11.8 Å². The second-order valence-corrected chi connectivity index (χ2v) is 7.83. The van der Waals surface area contributed by atoms with Crippen molar-refractivity contribution in [2.75, 3.05) is 12.4 Å². The summed E-state index contributed by atoms with van der Waals surface area (Å²) < 4.78 is 5.60. The van der Waals surface area contributed by atoms with Crippen LogP contribution in [-0.2, 0) is 4.79 Å². The highest BCUT2D eigenvalue weighted by atomic mass is 32.2. The summed E-state index contributed by atoms with van der Waals surface area (Å²) >= 11 is 1.75. The third-order valence-corrected chi connectivity index (χ3v) is 6.23. The Balaban J connectivity index is 1.89. The molecule has 1 aliphatic heterocycles. The molecule has 128 valence electrons. The van der Waals surface area contributed by atoms with E-state index in [1.165, 1.54) is 0 Å². The van der Waals surface area contributed by atoms with Crippen molar-refractivity contribution < 1.29 is 9.53 Å². The Labute approximate surface area is 152 Å². The van der Waals surface area contributed by atoms with Crippen LogP contribution in [0, 0.1) is 11.8 Å². The molecule has 0 fully saturated rings. The first-order chi connectivity index (χ1) is 12.2. The summed E-state index contributed by atoms with van der Waals surface area (Å²) in [6.45, 7) is 2.10. The Bertz CT molecular complexity index is 845. The summed E-state index contributed by atoms with van der Waals surface area (Å²) in [5.41, 5.74) is 3.17. The molecule has 0 unspecified atom stereocenters. The summed E-state index contributed by atoms with van der Waals surface area (Å²) in [4.78, 5) is 14.2. The second-order valence-electron chi connectivity index (χ2n) is 6.65. The maximum Gasteiger partial charge on any atom is 0.143 e. The SMILES string of the molecule is COc1ccccc1[C@H]1Sc2ccccc2NC2=C[C@H](C)CC(=O)[C@@H]21. The minimum absolute atomic E-state index is 0.00134. The number of nitrogens with one attached hydrogen (secondary N) is 1. The van der Waals surface area contributed by atoms with E-state index in [0.717, 1.165) is 27.6 Å². The van der Waals surface area contributed by atoms with Crippen LogP contribution in [0.25, 0.3) is 0 Å². The van der Waals surface area contributed by atoms with Crippen LogP contribution in [0.2, 0.25) is 0 Å². The van der Waals surface area contributed by atoms with Crippen molar-refractivity contribution in [2.24, 2.45) is 11.8 Å². The van der Waals surface area contributed by atoms with Gasteiger partial charge in [0.25, 0.3) is 0 Å². The minimum atomic E-state index is -0.176. The van der Waals surface area contributed by atoms with Gasteiger partial charge in [-0.25, -0.2) is 0 Å². The highest BCUT2D eigenvalue weighted by molar-refractivity contribution is 7.99. The molecule has 4 rings (SSSR count). The van der Waals surface area contributed by atoms with E-state index in [0.29, 0.717) is 12.2 Å². The van der Waals surface area contributed by atoms with Gasteiger partial charge in [0, 0.05) is 22.6 Å². The van der Waals surface area contributed by atoms with Crippen LogP contribution in [0.5, 0.6) is 5.75 Å². The second kappa shape index (κ2) is 6.60. The predicted molar refractivity (Wildman–Crippen MR) is 102 cm³/mol. The number of thioether (sulfide) groups is 1. The van der Waals surface area contributed by atoms with Crippen LogP contribution in [-0.4, -0.2) is 12.9 Å². The van der Waals surface area contributed by atoms with Crippen molar-refractivity contribution in [3.63, 3.8) is 0 Å². The molecule has 0 aromatic heterocycles. The average Bonchev–Trinajstić information content (AvgIpc) is 2.78. The third kappa shape index (κ3) is 2.95. The number of carbonyl (C=O) groups excluding carboxylic acids is 1. The molecular weight excluding hydrogens is 330 g/mol. The fourth-order valence-corrected chi connectivity index (χ4v) is 5.15. The van der Waals surface area contributed by atoms with Gasteiger partial charge in [0.15, 0.2) is 0 Å². The van der Waals surface area contributed by atoms with Gasteiger partial charge < -0.3 is 10.1 Å². The molecule has 4 heteroatoms. The van der Waals surface area contributed by atoms with Gasteiger partial charge in [-0.2, -0.15) is 0 Å². The monoisotopic (exact) mass is 351 g/mol. The van der Waals surface area contributed by atoms with Crippen molar-refractivity contribution >= 4 is 23.2 Å². The number of Topliss-reactive ketones (excluding diaryl/α,β-unsaturated/α-hetero) is 1. The van der Waals surface area contributed by atoms with Crippen LogP contribution in [0.15, 0.2) is 65.2 Å². The maximum atomic E-state index is 13.0. The van der Waals surface area contributed by atoms with Crippen molar-refractivity contribution in [3.8, 4) is 5.75 Å². The lowest BCUT2D eigenvalue weighted by Crippen LogP contribution is -2.30. The lowest BCUT2D eigenvalue weighted by atomic mass is 9.81. The van der Waals surface area contributed by atoms with Crippen molar-refractivity contribution in [1.29, 1.82) is 0 Å².